The summed E-state index contributed by atoms with van der Waals surface area (Å²) in [6.45, 7) is 0.222. The summed E-state index contributed by atoms with van der Waals surface area (Å²) >= 11 is 0. The van der Waals surface area contributed by atoms with Gasteiger partial charge in [-0.15, -0.1) is 0 Å². The van der Waals surface area contributed by atoms with E-state index < -0.39 is 6.09 Å². The Morgan fingerprint density at radius 2 is 1.90 bits per heavy atom. The van der Waals surface area contributed by atoms with Gasteiger partial charge in [0.05, 0.1) is 0 Å². The number of benzene rings is 2. The van der Waals surface area contributed by atoms with E-state index in [-0.39, 0.29) is 6.61 Å². The Labute approximate surface area is 117 Å². The molecular weight excluding hydrogens is 254 g/mol. The third-order valence-corrected chi connectivity index (χ3v) is 2.88. The summed E-state index contributed by atoms with van der Waals surface area (Å²) < 4.78 is 5.01. The maximum atomic E-state index is 11.0. The second-order valence-corrected chi connectivity index (χ2v) is 4.27. The molecule has 0 unspecified atom stereocenters. The molecule has 0 fully saturated rings. The van der Waals surface area contributed by atoms with Gasteiger partial charge in [-0.25, -0.2) is 4.79 Å². The minimum absolute atomic E-state index is 0.222. The number of nitrogens with one attached hydrogen (secondary N) is 1. The minimum Gasteiger partial charge on any atom is -0.445 e. The lowest BCUT2D eigenvalue weighted by Gasteiger charge is -2.07. The van der Waals surface area contributed by atoms with Crippen molar-refractivity contribution in [1.29, 1.82) is 0 Å². The summed E-state index contributed by atoms with van der Waals surface area (Å²) in [7, 11) is 1.52. The monoisotopic (exact) mass is 269 g/mol. The summed E-state index contributed by atoms with van der Waals surface area (Å²) in [6.07, 6.45) is 0.364. The molecule has 0 spiro atoms. The normalized spacial score (nSPS) is 9.85. The first-order valence-electron chi connectivity index (χ1n) is 6.22. The number of rotatable bonds is 4. The zero-order valence-corrected chi connectivity index (χ0v) is 11.1. The highest BCUT2D eigenvalue weighted by molar-refractivity contribution is 5.77. The molecule has 4 heteroatoms. The number of hydrogen-bond acceptors (Lipinski definition) is 3. The van der Waals surface area contributed by atoms with E-state index in [0.717, 1.165) is 23.0 Å². The maximum Gasteiger partial charge on any atom is 0.407 e. The first-order chi connectivity index (χ1) is 9.72. The standard InChI is InChI=1S/C16H15NO3/c1-17-16(19)20-11-13-3-2-4-15(9-13)14-7-5-12(10-18)6-8-14/h2-10H,11H2,1H3,(H,17,19). The Morgan fingerprint density at radius 3 is 2.55 bits per heavy atom. The molecule has 2 aromatic rings. The number of carbonyl (C=O) groups is 2. The van der Waals surface area contributed by atoms with Gasteiger partial charge in [0.25, 0.3) is 0 Å². The first kappa shape index (κ1) is 13.8. The Hall–Kier alpha value is -2.62. The molecule has 0 aromatic heterocycles. The van der Waals surface area contributed by atoms with Gasteiger partial charge in [-0.3, -0.25) is 4.79 Å². The smallest absolute Gasteiger partial charge is 0.407 e. The van der Waals surface area contributed by atoms with Crippen molar-refractivity contribution in [3.8, 4) is 11.1 Å². The highest BCUT2D eigenvalue weighted by atomic mass is 16.5. The van der Waals surface area contributed by atoms with Gasteiger partial charge in [-0.1, -0.05) is 42.5 Å². The fraction of sp³-hybridized carbons (Fsp3) is 0.125. The molecule has 0 atom stereocenters. The van der Waals surface area contributed by atoms with E-state index in [0.29, 0.717) is 5.56 Å². The second-order valence-electron chi connectivity index (χ2n) is 4.27. The largest absolute Gasteiger partial charge is 0.445 e. The van der Waals surface area contributed by atoms with Crippen molar-refractivity contribution in [2.45, 2.75) is 6.61 Å². The summed E-state index contributed by atoms with van der Waals surface area (Å²) in [6, 6.07) is 15.1. The molecule has 0 radical (unpaired) electrons. The van der Waals surface area contributed by atoms with Crippen LogP contribution in [0.15, 0.2) is 48.5 Å². The van der Waals surface area contributed by atoms with Crippen molar-refractivity contribution in [3.63, 3.8) is 0 Å². The number of ether oxygens (including phenoxy) is 1. The molecule has 0 saturated heterocycles. The highest BCUT2D eigenvalue weighted by Crippen LogP contribution is 2.21. The van der Waals surface area contributed by atoms with Crippen LogP contribution in [-0.2, 0) is 11.3 Å². The fourth-order valence-corrected chi connectivity index (χ4v) is 1.82. The third kappa shape index (κ3) is 3.45. The molecular formula is C16H15NO3. The maximum absolute atomic E-state index is 11.0. The van der Waals surface area contributed by atoms with E-state index in [9.17, 15) is 9.59 Å². The first-order valence-corrected chi connectivity index (χ1v) is 6.22. The number of hydrogen-bond donors (Lipinski definition) is 1. The van der Waals surface area contributed by atoms with Gasteiger partial charge in [0, 0.05) is 12.6 Å². The number of carbonyl (C=O) groups excluding carboxylic acids is 2. The minimum atomic E-state index is -0.453. The van der Waals surface area contributed by atoms with Crippen LogP contribution in [-0.4, -0.2) is 19.4 Å². The van der Waals surface area contributed by atoms with Gasteiger partial charge in [0.2, 0.25) is 0 Å². The molecule has 20 heavy (non-hydrogen) atoms. The quantitative estimate of drug-likeness (QED) is 0.868. The Morgan fingerprint density at radius 1 is 1.15 bits per heavy atom. The molecule has 0 saturated carbocycles. The summed E-state index contributed by atoms with van der Waals surface area (Å²) in [5.41, 5.74) is 3.58. The molecule has 102 valence electrons. The van der Waals surface area contributed by atoms with Crippen molar-refractivity contribution in [1.82, 2.24) is 5.32 Å². The van der Waals surface area contributed by atoms with Gasteiger partial charge < -0.3 is 10.1 Å². The van der Waals surface area contributed by atoms with E-state index >= 15 is 0 Å². The lowest BCUT2D eigenvalue weighted by Crippen LogP contribution is -2.18. The summed E-state index contributed by atoms with van der Waals surface area (Å²) in [5.74, 6) is 0. The van der Waals surface area contributed by atoms with Crippen LogP contribution in [0.1, 0.15) is 15.9 Å². The number of amides is 1. The molecule has 1 amide bonds. The van der Waals surface area contributed by atoms with E-state index in [2.05, 4.69) is 5.32 Å². The fourth-order valence-electron chi connectivity index (χ4n) is 1.82. The molecule has 2 aromatic carbocycles. The van der Waals surface area contributed by atoms with Crippen molar-refractivity contribution in [2.75, 3.05) is 7.05 Å². The van der Waals surface area contributed by atoms with Crippen LogP contribution in [0.4, 0.5) is 4.79 Å². The van der Waals surface area contributed by atoms with Crippen molar-refractivity contribution >= 4 is 12.4 Å². The molecule has 0 aliphatic carbocycles. The van der Waals surface area contributed by atoms with Crippen molar-refractivity contribution < 1.29 is 14.3 Å². The van der Waals surface area contributed by atoms with E-state index in [4.69, 9.17) is 4.74 Å². The predicted molar refractivity (Wildman–Crippen MR) is 76.5 cm³/mol. The average molecular weight is 269 g/mol. The Kier molecular flexibility index (Phi) is 4.50. The third-order valence-electron chi connectivity index (χ3n) is 2.88. The number of aldehydes is 1. The van der Waals surface area contributed by atoms with Crippen molar-refractivity contribution in [3.05, 3.63) is 59.7 Å². The van der Waals surface area contributed by atoms with Crippen LogP contribution in [0.2, 0.25) is 0 Å². The Balaban J connectivity index is 2.15. The van der Waals surface area contributed by atoms with E-state index in [1.54, 1.807) is 12.1 Å². The Bertz CT molecular complexity index is 605. The average Bonchev–Trinajstić information content (AvgIpc) is 2.53. The van der Waals surface area contributed by atoms with Crippen LogP contribution in [0.5, 0.6) is 0 Å². The summed E-state index contributed by atoms with van der Waals surface area (Å²) in [4.78, 5) is 21.7. The van der Waals surface area contributed by atoms with Gasteiger partial charge in [-0.05, 0) is 22.8 Å². The molecule has 4 nitrogen and oxygen atoms in total. The van der Waals surface area contributed by atoms with Gasteiger partial charge >= 0.3 is 6.09 Å². The highest BCUT2D eigenvalue weighted by Gasteiger charge is 2.02. The molecule has 0 aliphatic rings. The second kappa shape index (κ2) is 6.52. The SMILES string of the molecule is CNC(=O)OCc1cccc(-c2ccc(C=O)cc2)c1. The molecule has 2 rings (SSSR count). The molecule has 0 aliphatic heterocycles. The van der Waals surface area contributed by atoms with Crippen LogP contribution >= 0.6 is 0 Å². The van der Waals surface area contributed by atoms with Crippen molar-refractivity contribution in [2.24, 2.45) is 0 Å². The number of alkyl carbamates (subject to hydrolysis) is 1. The van der Waals surface area contributed by atoms with E-state index in [1.807, 2.05) is 36.4 Å². The molecule has 1 N–H and O–H groups in total. The van der Waals surface area contributed by atoms with E-state index in [1.165, 1.54) is 7.05 Å². The zero-order valence-electron chi connectivity index (χ0n) is 11.1. The molecule has 0 heterocycles. The van der Waals surface area contributed by atoms with Crippen LogP contribution in [0, 0.1) is 0 Å². The zero-order chi connectivity index (χ0) is 14.4. The van der Waals surface area contributed by atoms with Crippen LogP contribution in [0.25, 0.3) is 11.1 Å². The predicted octanol–water partition coefficient (Wildman–Crippen LogP) is 3.02. The van der Waals surface area contributed by atoms with Gasteiger partial charge in [0.15, 0.2) is 0 Å². The van der Waals surface area contributed by atoms with Gasteiger partial charge in [-0.2, -0.15) is 0 Å². The van der Waals surface area contributed by atoms with Crippen LogP contribution < -0.4 is 5.32 Å². The lowest BCUT2D eigenvalue weighted by molar-refractivity contribution is 0.112. The van der Waals surface area contributed by atoms with Gasteiger partial charge in [0.1, 0.15) is 12.9 Å². The van der Waals surface area contributed by atoms with Crippen LogP contribution in [0.3, 0.4) is 0 Å². The topological polar surface area (TPSA) is 55.4 Å². The molecule has 0 bridgehead atoms. The lowest BCUT2D eigenvalue weighted by atomic mass is 10.0. The summed E-state index contributed by atoms with van der Waals surface area (Å²) in [5, 5.41) is 2.40.